The maximum Gasteiger partial charge on any atom is 0.258 e. The lowest BCUT2D eigenvalue weighted by Crippen LogP contribution is -2.32. The lowest BCUT2D eigenvalue weighted by atomic mass is 10.1. The minimum Gasteiger partial charge on any atom is -0.489 e. The van der Waals surface area contributed by atoms with Crippen LogP contribution in [0.25, 0.3) is 16.6 Å². The number of fused-ring (bicyclic) bond motifs is 1. The van der Waals surface area contributed by atoms with E-state index in [1.54, 1.807) is 10.8 Å². The van der Waals surface area contributed by atoms with Gasteiger partial charge in [-0.1, -0.05) is 36.8 Å². The number of hydrogen-bond acceptors (Lipinski definition) is 4. The summed E-state index contributed by atoms with van der Waals surface area (Å²) in [6.07, 6.45) is 7.60. The Morgan fingerprint density at radius 2 is 1.73 bits per heavy atom. The number of piperidine rings is 1. The van der Waals surface area contributed by atoms with E-state index in [0.29, 0.717) is 12.4 Å². The predicted molar refractivity (Wildman–Crippen MR) is 134 cm³/mol. The molecule has 0 radical (unpaired) electrons. The summed E-state index contributed by atoms with van der Waals surface area (Å²) in [6, 6.07) is 19.3. The van der Waals surface area contributed by atoms with Crippen molar-refractivity contribution in [1.29, 1.82) is 0 Å². The molecule has 0 amide bonds. The zero-order valence-electron chi connectivity index (χ0n) is 18.6. The summed E-state index contributed by atoms with van der Waals surface area (Å²) in [4.78, 5) is 15.2. The molecule has 4 aromatic rings. The minimum atomic E-state index is -0.118. The van der Waals surface area contributed by atoms with Crippen molar-refractivity contribution in [3.8, 4) is 11.4 Å². The van der Waals surface area contributed by atoms with Crippen LogP contribution in [-0.4, -0.2) is 38.9 Å². The van der Waals surface area contributed by atoms with Crippen LogP contribution in [-0.2, 0) is 13.2 Å². The molecule has 1 aliphatic rings. The number of halogens is 1. The van der Waals surface area contributed by atoms with E-state index in [2.05, 4.69) is 20.7 Å². The van der Waals surface area contributed by atoms with E-state index in [0.717, 1.165) is 35.2 Å². The topological polar surface area (TPSA) is 52.3 Å². The molecule has 172 valence electrons. The summed E-state index contributed by atoms with van der Waals surface area (Å²) >= 11 is 0. The van der Waals surface area contributed by atoms with Crippen LogP contribution in [0, 0.1) is 0 Å². The van der Waals surface area contributed by atoms with Crippen molar-refractivity contribution in [2.24, 2.45) is 0 Å². The van der Waals surface area contributed by atoms with Crippen LogP contribution < -0.4 is 10.3 Å². The fourth-order valence-electron chi connectivity index (χ4n) is 4.33. The zero-order chi connectivity index (χ0) is 21.8. The Balaban J connectivity index is 0.00000259. The van der Waals surface area contributed by atoms with Crippen molar-refractivity contribution in [3.63, 3.8) is 0 Å². The maximum absolute atomic E-state index is 12.7. The van der Waals surface area contributed by atoms with Crippen molar-refractivity contribution >= 4 is 23.3 Å². The molecule has 0 spiro atoms. The Kier molecular flexibility index (Phi) is 7.47. The van der Waals surface area contributed by atoms with E-state index in [1.165, 1.54) is 38.4 Å². The first-order valence-corrected chi connectivity index (χ1v) is 11.3. The average molecular weight is 465 g/mol. The highest BCUT2D eigenvalue weighted by Gasteiger charge is 2.11. The average Bonchev–Trinajstić information content (AvgIpc) is 3.25. The van der Waals surface area contributed by atoms with Crippen LogP contribution in [0.1, 0.15) is 24.8 Å². The molecule has 0 unspecified atom stereocenters. The summed E-state index contributed by atoms with van der Waals surface area (Å²) in [5.41, 5.74) is 2.88. The number of pyridine rings is 1. The van der Waals surface area contributed by atoms with Crippen molar-refractivity contribution in [2.75, 3.05) is 19.6 Å². The van der Waals surface area contributed by atoms with Gasteiger partial charge in [-0.3, -0.25) is 14.0 Å². The van der Waals surface area contributed by atoms with Gasteiger partial charge in [0.05, 0.1) is 18.3 Å². The van der Waals surface area contributed by atoms with Gasteiger partial charge in [0.1, 0.15) is 12.4 Å². The SMILES string of the molecule is Cl.O=c1cc(OCc2ccccc2)ccn1-c1ccc2c(cnn2CCN2CCCCC2)c1. The summed E-state index contributed by atoms with van der Waals surface area (Å²) in [5.74, 6) is 0.571. The molecule has 2 aromatic heterocycles. The third-order valence-electron chi connectivity index (χ3n) is 6.12. The highest BCUT2D eigenvalue weighted by molar-refractivity contribution is 5.85. The molecular weight excluding hydrogens is 436 g/mol. The van der Waals surface area contributed by atoms with Gasteiger partial charge in [0.25, 0.3) is 5.56 Å². The van der Waals surface area contributed by atoms with E-state index in [9.17, 15) is 4.79 Å². The van der Waals surface area contributed by atoms with E-state index < -0.39 is 0 Å². The molecule has 3 heterocycles. The predicted octanol–water partition coefficient (Wildman–Crippen LogP) is 4.67. The fraction of sp³-hybridized carbons (Fsp3) is 0.308. The van der Waals surface area contributed by atoms with E-state index >= 15 is 0 Å². The van der Waals surface area contributed by atoms with E-state index in [4.69, 9.17) is 4.74 Å². The Bertz CT molecular complexity index is 1250. The standard InChI is InChI=1S/C26H28N4O2.ClH/c31-26-18-24(32-20-21-7-3-1-4-8-21)11-14-29(26)23-9-10-25-22(17-23)19-27-30(25)16-15-28-12-5-2-6-13-28;/h1,3-4,7-11,14,17-19H,2,5-6,12-13,15-16,20H2;1H. The van der Waals surface area contributed by atoms with Crippen LogP contribution in [0.3, 0.4) is 0 Å². The van der Waals surface area contributed by atoms with Crippen LogP contribution >= 0.6 is 12.4 Å². The van der Waals surface area contributed by atoms with Gasteiger partial charge in [-0.15, -0.1) is 12.4 Å². The van der Waals surface area contributed by atoms with Crippen LogP contribution in [0.5, 0.6) is 5.75 Å². The van der Waals surface area contributed by atoms with Gasteiger partial charge < -0.3 is 9.64 Å². The largest absolute Gasteiger partial charge is 0.489 e. The molecule has 33 heavy (non-hydrogen) atoms. The van der Waals surface area contributed by atoms with Crippen molar-refractivity contribution in [3.05, 3.63) is 89.0 Å². The number of ether oxygens (including phenoxy) is 1. The molecule has 0 saturated carbocycles. The molecule has 0 bridgehead atoms. The second kappa shape index (κ2) is 10.7. The molecule has 5 rings (SSSR count). The van der Waals surface area contributed by atoms with Gasteiger partial charge in [0.2, 0.25) is 0 Å². The summed E-state index contributed by atoms with van der Waals surface area (Å²) in [5, 5.41) is 5.63. The Labute approximate surface area is 199 Å². The molecular formula is C26H29ClN4O2. The first kappa shape index (κ1) is 23.1. The number of likely N-dealkylation sites (tertiary alicyclic amines) is 1. The molecule has 1 fully saturated rings. The van der Waals surface area contributed by atoms with Crippen molar-refractivity contribution in [2.45, 2.75) is 32.4 Å². The minimum absolute atomic E-state index is 0. The normalized spacial score (nSPS) is 14.2. The highest BCUT2D eigenvalue weighted by Crippen LogP contribution is 2.19. The second-order valence-electron chi connectivity index (χ2n) is 8.36. The number of hydrogen-bond donors (Lipinski definition) is 0. The molecule has 2 aromatic carbocycles. The first-order chi connectivity index (χ1) is 15.8. The van der Waals surface area contributed by atoms with Crippen LogP contribution in [0.15, 0.2) is 77.9 Å². The molecule has 0 atom stereocenters. The Morgan fingerprint density at radius 1 is 0.909 bits per heavy atom. The highest BCUT2D eigenvalue weighted by atomic mass is 35.5. The number of benzene rings is 2. The molecule has 1 saturated heterocycles. The lowest BCUT2D eigenvalue weighted by molar-refractivity contribution is 0.219. The molecule has 0 N–H and O–H groups in total. The third-order valence-corrected chi connectivity index (χ3v) is 6.12. The summed E-state index contributed by atoms with van der Waals surface area (Å²) in [7, 11) is 0. The fourth-order valence-corrected chi connectivity index (χ4v) is 4.33. The lowest BCUT2D eigenvalue weighted by Gasteiger charge is -2.26. The monoisotopic (exact) mass is 464 g/mol. The second-order valence-corrected chi connectivity index (χ2v) is 8.36. The van der Waals surface area contributed by atoms with Crippen LogP contribution in [0.2, 0.25) is 0 Å². The molecule has 1 aliphatic heterocycles. The van der Waals surface area contributed by atoms with Gasteiger partial charge in [0.15, 0.2) is 0 Å². The molecule has 7 heteroatoms. The van der Waals surface area contributed by atoms with Gasteiger partial charge in [-0.2, -0.15) is 5.10 Å². The van der Waals surface area contributed by atoms with E-state index in [-0.39, 0.29) is 18.0 Å². The quantitative estimate of drug-likeness (QED) is 0.398. The van der Waals surface area contributed by atoms with Gasteiger partial charge in [-0.25, -0.2) is 0 Å². The number of aromatic nitrogens is 3. The van der Waals surface area contributed by atoms with Gasteiger partial charge >= 0.3 is 0 Å². The Morgan fingerprint density at radius 3 is 2.52 bits per heavy atom. The van der Waals surface area contributed by atoms with E-state index in [1.807, 2.05) is 54.7 Å². The maximum atomic E-state index is 12.7. The molecule has 0 aliphatic carbocycles. The zero-order valence-corrected chi connectivity index (χ0v) is 19.4. The van der Waals surface area contributed by atoms with Gasteiger partial charge in [0, 0.05) is 29.9 Å². The molecule has 6 nitrogen and oxygen atoms in total. The van der Waals surface area contributed by atoms with Crippen molar-refractivity contribution < 1.29 is 4.74 Å². The van der Waals surface area contributed by atoms with Gasteiger partial charge in [-0.05, 0) is 55.8 Å². The number of nitrogens with zero attached hydrogens (tertiary/aromatic N) is 4. The van der Waals surface area contributed by atoms with Crippen molar-refractivity contribution in [1.82, 2.24) is 19.2 Å². The summed E-state index contributed by atoms with van der Waals surface area (Å²) in [6.45, 7) is 4.74. The first-order valence-electron chi connectivity index (χ1n) is 11.3. The van der Waals surface area contributed by atoms with Crippen LogP contribution in [0.4, 0.5) is 0 Å². The smallest absolute Gasteiger partial charge is 0.258 e. The third kappa shape index (κ3) is 5.46. The summed E-state index contributed by atoms with van der Waals surface area (Å²) < 4.78 is 9.49. The Hall–Kier alpha value is -3.09. The number of rotatable bonds is 7.